The lowest BCUT2D eigenvalue weighted by Crippen LogP contribution is -2.63. The van der Waals surface area contributed by atoms with E-state index in [0.29, 0.717) is 38.9 Å². The molecule has 6 rings (SSSR count). The van der Waals surface area contributed by atoms with Crippen molar-refractivity contribution in [2.24, 2.45) is 0 Å². The van der Waals surface area contributed by atoms with Crippen LogP contribution in [-0.4, -0.2) is 60.7 Å². The number of aromatic amines is 1. The Hall–Kier alpha value is -4.17. The number of amides is 2. The van der Waals surface area contributed by atoms with Crippen molar-refractivity contribution in [2.45, 2.75) is 30.7 Å². The van der Waals surface area contributed by atoms with Crippen molar-refractivity contribution in [3.05, 3.63) is 95.4 Å². The van der Waals surface area contributed by atoms with Gasteiger partial charge in [0.2, 0.25) is 5.91 Å². The molecule has 40 heavy (non-hydrogen) atoms. The van der Waals surface area contributed by atoms with E-state index in [-0.39, 0.29) is 24.2 Å². The van der Waals surface area contributed by atoms with Gasteiger partial charge in [-0.25, -0.2) is 9.18 Å². The number of likely N-dealkylation sites (tertiary alicyclic amines) is 1. The number of rotatable bonds is 7. The van der Waals surface area contributed by atoms with Crippen LogP contribution in [0, 0.1) is 5.82 Å². The summed E-state index contributed by atoms with van der Waals surface area (Å²) in [6, 6.07) is 21.0. The summed E-state index contributed by atoms with van der Waals surface area (Å²) in [7, 11) is 2.01. The summed E-state index contributed by atoms with van der Waals surface area (Å²) in [6.45, 7) is 1.92. The highest BCUT2D eigenvalue weighted by Gasteiger charge is 2.42. The molecule has 3 N–H and O–H groups in total. The van der Waals surface area contributed by atoms with Crippen molar-refractivity contribution in [1.82, 2.24) is 20.5 Å². The van der Waals surface area contributed by atoms with Gasteiger partial charge in [-0.2, -0.15) is 0 Å². The minimum atomic E-state index is -1.05. The number of aromatic nitrogens is 1. The summed E-state index contributed by atoms with van der Waals surface area (Å²) < 4.78 is 19.5. The van der Waals surface area contributed by atoms with E-state index in [1.54, 1.807) is 6.07 Å². The Morgan fingerprint density at radius 3 is 2.40 bits per heavy atom. The molecule has 3 aromatic carbocycles. The summed E-state index contributed by atoms with van der Waals surface area (Å²) in [5.74, 6) is -0.573. The zero-order valence-electron chi connectivity index (χ0n) is 22.5. The Balaban J connectivity index is 1.11. The third-order valence-electron chi connectivity index (χ3n) is 8.37. The minimum absolute atomic E-state index is 0.0542. The van der Waals surface area contributed by atoms with E-state index < -0.39 is 11.6 Å². The number of piperidine rings is 1. The van der Waals surface area contributed by atoms with Gasteiger partial charge in [0.05, 0.1) is 0 Å². The van der Waals surface area contributed by atoms with Gasteiger partial charge in [-0.1, -0.05) is 48.5 Å². The molecule has 206 valence electrons. The SMILES string of the molecule is CN1CCC(NC(=O)OCC2c3ccccc3-c3ccccc32)(C(=O)NCCc2c[nH]c3ccc(F)cc23)CC1. The first kappa shape index (κ1) is 26.1. The molecule has 1 aromatic heterocycles. The molecule has 1 fully saturated rings. The third kappa shape index (κ3) is 4.95. The molecule has 1 saturated heterocycles. The molecule has 2 amide bonds. The number of ether oxygens (including phenoxy) is 1. The number of H-pyrrole nitrogens is 1. The Bertz CT molecular complexity index is 1510. The van der Waals surface area contributed by atoms with Crippen molar-refractivity contribution < 1.29 is 18.7 Å². The summed E-state index contributed by atoms with van der Waals surface area (Å²) in [4.78, 5) is 32.0. The molecule has 0 spiro atoms. The molecule has 1 aliphatic heterocycles. The first-order chi connectivity index (χ1) is 19.4. The van der Waals surface area contributed by atoms with Gasteiger partial charge in [0.15, 0.2) is 0 Å². The van der Waals surface area contributed by atoms with Crippen LogP contribution < -0.4 is 10.6 Å². The number of benzene rings is 3. The molecule has 0 atom stereocenters. The molecule has 1 aliphatic carbocycles. The highest BCUT2D eigenvalue weighted by molar-refractivity contribution is 5.90. The second kappa shape index (κ2) is 10.8. The molecule has 7 nitrogen and oxygen atoms in total. The number of carbonyl (C=O) groups excluding carboxylic acids is 2. The van der Waals surface area contributed by atoms with E-state index in [1.165, 1.54) is 12.1 Å². The maximum absolute atomic E-state index is 13.8. The minimum Gasteiger partial charge on any atom is -0.449 e. The van der Waals surface area contributed by atoms with E-state index in [9.17, 15) is 14.0 Å². The topological polar surface area (TPSA) is 86.5 Å². The second-order valence-electron chi connectivity index (χ2n) is 10.8. The number of alkyl carbamates (subject to hydrolysis) is 1. The van der Waals surface area contributed by atoms with Gasteiger partial charge >= 0.3 is 6.09 Å². The lowest BCUT2D eigenvalue weighted by atomic mass is 9.86. The number of hydrogen-bond donors (Lipinski definition) is 3. The largest absolute Gasteiger partial charge is 0.449 e. The van der Waals surface area contributed by atoms with Crippen molar-refractivity contribution >= 4 is 22.9 Å². The Kier molecular flexibility index (Phi) is 7.02. The fraction of sp³-hybridized carbons (Fsp3) is 0.312. The van der Waals surface area contributed by atoms with Crippen LogP contribution in [0.3, 0.4) is 0 Å². The predicted molar refractivity (Wildman–Crippen MR) is 153 cm³/mol. The number of hydrogen-bond acceptors (Lipinski definition) is 4. The third-order valence-corrected chi connectivity index (χ3v) is 8.37. The van der Waals surface area contributed by atoms with Crippen LogP contribution in [0.25, 0.3) is 22.0 Å². The summed E-state index contributed by atoms with van der Waals surface area (Å²) >= 11 is 0. The van der Waals surface area contributed by atoms with Crippen molar-refractivity contribution in [2.75, 3.05) is 33.3 Å². The standard InChI is InChI=1S/C32H33FN4O3/c1-37-16-13-32(14-17-37,30(38)34-15-12-21-19-35-29-11-10-22(33)18-27(21)29)36-31(39)40-20-28-25-8-4-2-6-23(25)24-7-3-5-9-26(24)28/h2-11,18-19,28,35H,12-17,20H2,1H3,(H,34,38)(H,36,39). The van der Waals surface area contributed by atoms with Crippen LogP contribution in [0.2, 0.25) is 0 Å². The zero-order chi connectivity index (χ0) is 27.7. The van der Waals surface area contributed by atoms with Crippen LogP contribution in [0.1, 0.15) is 35.4 Å². The van der Waals surface area contributed by atoms with Gasteiger partial charge in [-0.3, -0.25) is 4.79 Å². The predicted octanol–water partition coefficient (Wildman–Crippen LogP) is 4.97. The maximum Gasteiger partial charge on any atom is 0.408 e. The number of halogens is 1. The fourth-order valence-corrected chi connectivity index (χ4v) is 6.08. The molecule has 0 saturated carbocycles. The van der Waals surface area contributed by atoms with Crippen LogP contribution in [-0.2, 0) is 16.0 Å². The molecule has 2 heterocycles. The number of fused-ring (bicyclic) bond motifs is 4. The van der Waals surface area contributed by atoms with Crippen molar-refractivity contribution in [3.63, 3.8) is 0 Å². The Morgan fingerprint density at radius 1 is 1.02 bits per heavy atom. The fourth-order valence-electron chi connectivity index (χ4n) is 6.08. The van der Waals surface area contributed by atoms with Gasteiger partial charge in [0.25, 0.3) is 0 Å². The highest BCUT2D eigenvalue weighted by Crippen LogP contribution is 2.44. The van der Waals surface area contributed by atoms with Gasteiger partial charge in [-0.15, -0.1) is 0 Å². The Labute approximate surface area is 232 Å². The van der Waals surface area contributed by atoms with Crippen LogP contribution in [0.4, 0.5) is 9.18 Å². The van der Waals surface area contributed by atoms with E-state index in [1.807, 2.05) is 37.5 Å². The quantitative estimate of drug-likeness (QED) is 0.309. The lowest BCUT2D eigenvalue weighted by molar-refractivity contribution is -0.129. The van der Waals surface area contributed by atoms with E-state index in [4.69, 9.17) is 4.74 Å². The average molecular weight is 541 g/mol. The second-order valence-corrected chi connectivity index (χ2v) is 10.8. The number of nitrogens with one attached hydrogen (secondary N) is 3. The lowest BCUT2D eigenvalue weighted by Gasteiger charge is -2.39. The molecular weight excluding hydrogens is 507 g/mol. The van der Waals surface area contributed by atoms with E-state index >= 15 is 0 Å². The molecule has 0 unspecified atom stereocenters. The Morgan fingerprint density at radius 2 is 1.70 bits per heavy atom. The summed E-state index contributed by atoms with van der Waals surface area (Å²) in [6.07, 6.45) is 2.76. The average Bonchev–Trinajstić information content (AvgIpc) is 3.51. The van der Waals surface area contributed by atoms with E-state index in [2.05, 4.69) is 44.8 Å². The highest BCUT2D eigenvalue weighted by atomic mass is 19.1. The van der Waals surface area contributed by atoms with Crippen molar-refractivity contribution in [3.8, 4) is 11.1 Å². The first-order valence-corrected chi connectivity index (χ1v) is 13.8. The molecule has 4 aromatic rings. The van der Waals surface area contributed by atoms with E-state index in [0.717, 1.165) is 38.7 Å². The summed E-state index contributed by atoms with van der Waals surface area (Å²) in [5, 5.41) is 6.77. The molecule has 0 bridgehead atoms. The smallest absolute Gasteiger partial charge is 0.408 e. The molecule has 8 heteroatoms. The normalized spacial score (nSPS) is 16.4. The van der Waals surface area contributed by atoms with Crippen LogP contribution in [0.15, 0.2) is 72.9 Å². The van der Waals surface area contributed by atoms with Crippen LogP contribution in [0.5, 0.6) is 0 Å². The number of carbonyl (C=O) groups is 2. The van der Waals surface area contributed by atoms with Gasteiger partial charge in [0, 0.05) is 42.7 Å². The molecule has 0 radical (unpaired) electrons. The maximum atomic E-state index is 13.8. The summed E-state index contributed by atoms with van der Waals surface area (Å²) in [5.41, 5.74) is 5.33. The zero-order valence-corrected chi connectivity index (χ0v) is 22.5. The van der Waals surface area contributed by atoms with Gasteiger partial charge < -0.3 is 25.3 Å². The van der Waals surface area contributed by atoms with Gasteiger partial charge in [-0.05, 0) is 72.3 Å². The number of nitrogens with zero attached hydrogens (tertiary/aromatic N) is 1. The molecular formula is C32H33FN4O3. The monoisotopic (exact) mass is 540 g/mol. The molecule has 2 aliphatic rings. The first-order valence-electron chi connectivity index (χ1n) is 13.8. The van der Waals surface area contributed by atoms with Crippen LogP contribution >= 0.6 is 0 Å². The van der Waals surface area contributed by atoms with Gasteiger partial charge in [0.1, 0.15) is 18.0 Å². The van der Waals surface area contributed by atoms with Crippen molar-refractivity contribution in [1.29, 1.82) is 0 Å².